The van der Waals surface area contributed by atoms with Gasteiger partial charge in [0.25, 0.3) is 0 Å². The number of guanidine groups is 1. The Hall–Kier alpha value is -1.45. The van der Waals surface area contributed by atoms with Crippen LogP contribution in [0, 0.1) is 11.6 Å². The highest BCUT2D eigenvalue weighted by atomic mass is 127. The summed E-state index contributed by atoms with van der Waals surface area (Å²) in [4.78, 5) is 19.4. The minimum atomic E-state index is -0.576. The van der Waals surface area contributed by atoms with E-state index in [1.54, 1.807) is 14.1 Å². The van der Waals surface area contributed by atoms with Gasteiger partial charge in [0.2, 0.25) is 5.91 Å². The fourth-order valence-electron chi connectivity index (χ4n) is 2.50. The molecule has 1 amide bonds. The first kappa shape index (κ1) is 20.6. The molecule has 0 radical (unpaired) electrons. The fourth-order valence-corrected chi connectivity index (χ4v) is 2.50. The monoisotopic (exact) mass is 452 g/mol. The van der Waals surface area contributed by atoms with Gasteiger partial charge >= 0.3 is 0 Å². The number of carbonyl (C=O) groups is 1. The number of nitrogens with one attached hydrogen (secondary N) is 1. The van der Waals surface area contributed by atoms with Crippen LogP contribution in [0.5, 0.6) is 0 Å². The van der Waals surface area contributed by atoms with Gasteiger partial charge in [0.1, 0.15) is 18.2 Å². The summed E-state index contributed by atoms with van der Waals surface area (Å²) in [5.74, 6) is -0.592. The van der Waals surface area contributed by atoms with Crippen molar-refractivity contribution in [3.05, 3.63) is 34.9 Å². The third-order valence-corrected chi connectivity index (χ3v) is 3.74. The van der Waals surface area contributed by atoms with E-state index in [1.165, 1.54) is 11.0 Å². The van der Waals surface area contributed by atoms with E-state index in [9.17, 15) is 13.6 Å². The molecule has 0 saturated carbocycles. The third kappa shape index (κ3) is 5.02. The lowest BCUT2D eigenvalue weighted by atomic mass is 9.99. The van der Waals surface area contributed by atoms with Gasteiger partial charge in [0.15, 0.2) is 5.96 Å². The predicted octanol–water partition coefficient (Wildman–Crippen LogP) is 1.99. The molecular weight excluding hydrogens is 429 g/mol. The number of rotatable bonds is 3. The average molecular weight is 452 g/mol. The van der Waals surface area contributed by atoms with Crippen molar-refractivity contribution in [1.29, 1.82) is 0 Å². The molecule has 8 heteroatoms. The molecule has 1 aromatic carbocycles. The largest absolute Gasteiger partial charge is 0.356 e. The molecule has 24 heavy (non-hydrogen) atoms. The molecule has 5 nitrogen and oxygen atoms in total. The van der Waals surface area contributed by atoms with E-state index in [0.717, 1.165) is 6.07 Å². The quantitative estimate of drug-likeness (QED) is 0.434. The van der Waals surface area contributed by atoms with Gasteiger partial charge in [0.05, 0.1) is 0 Å². The number of carbonyl (C=O) groups excluding carboxylic acids is 1. The average Bonchev–Trinajstić information content (AvgIpc) is 2.50. The first-order valence-corrected chi connectivity index (χ1v) is 7.62. The molecule has 0 unspecified atom stereocenters. The lowest BCUT2D eigenvalue weighted by molar-refractivity contribution is -0.127. The van der Waals surface area contributed by atoms with Gasteiger partial charge in [-0.25, -0.2) is 13.8 Å². The van der Waals surface area contributed by atoms with Crippen molar-refractivity contribution in [2.75, 3.05) is 33.7 Å². The van der Waals surface area contributed by atoms with Crippen LogP contribution in [0.15, 0.2) is 17.1 Å². The van der Waals surface area contributed by atoms with Crippen LogP contribution in [-0.4, -0.2) is 55.4 Å². The van der Waals surface area contributed by atoms with Crippen molar-refractivity contribution >= 4 is 35.8 Å². The van der Waals surface area contributed by atoms with Crippen LogP contribution >= 0.6 is 24.0 Å². The molecule has 0 fully saturated rings. The van der Waals surface area contributed by atoms with Crippen LogP contribution < -0.4 is 5.32 Å². The third-order valence-electron chi connectivity index (χ3n) is 3.74. The summed E-state index contributed by atoms with van der Waals surface area (Å²) < 4.78 is 27.2. The predicted molar refractivity (Wildman–Crippen MR) is 101 cm³/mol. The first-order chi connectivity index (χ1) is 10.9. The zero-order chi connectivity index (χ0) is 17.0. The summed E-state index contributed by atoms with van der Waals surface area (Å²) >= 11 is 0. The van der Waals surface area contributed by atoms with Crippen molar-refractivity contribution in [3.63, 3.8) is 0 Å². The molecule has 1 aliphatic heterocycles. The maximum Gasteiger partial charge on any atom is 0.243 e. The van der Waals surface area contributed by atoms with Gasteiger partial charge in [-0.15, -0.1) is 24.0 Å². The molecule has 134 valence electrons. The number of fused-ring (bicyclic) bond motifs is 1. The smallest absolute Gasteiger partial charge is 0.243 e. The number of halogens is 3. The van der Waals surface area contributed by atoms with Crippen molar-refractivity contribution in [3.8, 4) is 0 Å². The van der Waals surface area contributed by atoms with E-state index in [0.29, 0.717) is 43.1 Å². The van der Waals surface area contributed by atoms with E-state index < -0.39 is 11.6 Å². The standard InChI is InChI=1S/C16H22F2N4O.HI/c1-4-19-16(20-9-15(23)21(2)3)22-6-5-13-11(10-22)7-12(17)8-14(13)18;/h7-8H,4-6,9-10H2,1-3H3,(H,19,20);1H. The molecule has 1 aliphatic rings. The zero-order valence-electron chi connectivity index (χ0n) is 14.1. The van der Waals surface area contributed by atoms with Crippen molar-refractivity contribution in [2.45, 2.75) is 19.9 Å². The summed E-state index contributed by atoms with van der Waals surface area (Å²) in [6.07, 6.45) is 0.480. The van der Waals surface area contributed by atoms with E-state index in [4.69, 9.17) is 0 Å². The molecule has 0 aromatic heterocycles. The SMILES string of the molecule is CCNC(=NCC(=O)N(C)C)N1CCc2c(F)cc(F)cc2C1.I. The fraction of sp³-hybridized carbons (Fsp3) is 0.500. The topological polar surface area (TPSA) is 47.9 Å². The van der Waals surface area contributed by atoms with Gasteiger partial charge < -0.3 is 15.1 Å². The summed E-state index contributed by atoms with van der Waals surface area (Å²) in [5, 5.41) is 3.12. The van der Waals surface area contributed by atoms with E-state index in [1.807, 2.05) is 11.8 Å². The number of nitrogens with zero attached hydrogens (tertiary/aromatic N) is 3. The molecule has 0 spiro atoms. The van der Waals surface area contributed by atoms with Crippen LogP contribution in [0.25, 0.3) is 0 Å². The Morgan fingerprint density at radius 2 is 2.08 bits per heavy atom. The molecule has 1 aromatic rings. The van der Waals surface area contributed by atoms with Crippen molar-refractivity contribution < 1.29 is 13.6 Å². The van der Waals surface area contributed by atoms with Crippen LogP contribution in [0.3, 0.4) is 0 Å². The summed E-state index contributed by atoms with van der Waals surface area (Å²) in [5.41, 5.74) is 1.18. The molecule has 0 atom stereocenters. The van der Waals surface area contributed by atoms with Crippen LogP contribution in [0.4, 0.5) is 8.78 Å². The molecular formula is C16H23F2IN4O. The second-order valence-electron chi connectivity index (χ2n) is 5.66. The number of aliphatic imine (C=N–C) groups is 1. The van der Waals surface area contributed by atoms with Crippen LogP contribution in [0.1, 0.15) is 18.1 Å². The maximum atomic E-state index is 13.8. The minimum Gasteiger partial charge on any atom is -0.356 e. The maximum absolute atomic E-state index is 13.8. The van der Waals surface area contributed by atoms with E-state index in [-0.39, 0.29) is 36.4 Å². The minimum absolute atomic E-state index is 0. The normalized spacial score (nSPS) is 13.9. The van der Waals surface area contributed by atoms with E-state index in [2.05, 4.69) is 10.3 Å². The highest BCUT2D eigenvalue weighted by molar-refractivity contribution is 14.0. The molecule has 2 rings (SSSR count). The molecule has 0 saturated heterocycles. The Morgan fingerprint density at radius 1 is 1.38 bits per heavy atom. The van der Waals surface area contributed by atoms with Gasteiger partial charge in [0, 0.05) is 39.8 Å². The molecule has 0 bridgehead atoms. The Morgan fingerprint density at radius 3 is 2.71 bits per heavy atom. The highest BCUT2D eigenvalue weighted by Gasteiger charge is 2.22. The van der Waals surface area contributed by atoms with Crippen molar-refractivity contribution in [2.24, 2.45) is 4.99 Å². The van der Waals surface area contributed by atoms with Crippen LogP contribution in [-0.2, 0) is 17.8 Å². The number of amides is 1. The second kappa shape index (κ2) is 9.14. The van der Waals surface area contributed by atoms with Gasteiger partial charge in [-0.05, 0) is 30.5 Å². The highest BCUT2D eigenvalue weighted by Crippen LogP contribution is 2.23. The zero-order valence-corrected chi connectivity index (χ0v) is 16.4. The number of likely N-dealkylation sites (N-methyl/N-ethyl adjacent to an activating group) is 1. The Balaban J connectivity index is 0.00000288. The number of hydrogen-bond donors (Lipinski definition) is 1. The Kier molecular flexibility index (Phi) is 7.85. The van der Waals surface area contributed by atoms with Crippen LogP contribution in [0.2, 0.25) is 0 Å². The van der Waals surface area contributed by atoms with Crippen molar-refractivity contribution in [1.82, 2.24) is 15.1 Å². The Labute approximate surface area is 158 Å². The lowest BCUT2D eigenvalue weighted by Gasteiger charge is -2.32. The molecule has 1 N–H and O–H groups in total. The lowest BCUT2D eigenvalue weighted by Crippen LogP contribution is -2.44. The molecule has 0 aliphatic carbocycles. The number of hydrogen-bond acceptors (Lipinski definition) is 2. The summed E-state index contributed by atoms with van der Waals surface area (Å²) in [6.45, 7) is 3.55. The number of benzene rings is 1. The summed E-state index contributed by atoms with van der Waals surface area (Å²) in [7, 11) is 3.35. The second-order valence-corrected chi connectivity index (χ2v) is 5.66. The van der Waals surface area contributed by atoms with E-state index >= 15 is 0 Å². The van der Waals surface area contributed by atoms with Gasteiger partial charge in [-0.1, -0.05) is 0 Å². The summed E-state index contributed by atoms with van der Waals surface area (Å²) in [6, 6.07) is 2.28. The Bertz CT molecular complexity index is 622. The molecule has 1 heterocycles. The first-order valence-electron chi connectivity index (χ1n) is 7.62. The van der Waals surface area contributed by atoms with Gasteiger partial charge in [-0.2, -0.15) is 0 Å². The van der Waals surface area contributed by atoms with Gasteiger partial charge in [-0.3, -0.25) is 4.79 Å².